The lowest BCUT2D eigenvalue weighted by molar-refractivity contribution is -0.385. The van der Waals surface area contributed by atoms with Gasteiger partial charge in [-0.05, 0) is 34.1 Å². The third-order valence-corrected chi connectivity index (χ3v) is 3.48. The molecule has 0 aliphatic carbocycles. The molecule has 1 aromatic heterocycles. The van der Waals surface area contributed by atoms with Gasteiger partial charge in [0.05, 0.1) is 10.5 Å². The smallest absolute Gasteiger partial charge is 0.286 e. The fourth-order valence-electron chi connectivity index (χ4n) is 1.93. The molecule has 2 aromatic rings. The molecule has 0 saturated heterocycles. The van der Waals surface area contributed by atoms with E-state index in [1.54, 1.807) is 29.9 Å². The van der Waals surface area contributed by atoms with E-state index in [2.05, 4.69) is 26.8 Å². The van der Waals surface area contributed by atoms with E-state index in [9.17, 15) is 19.7 Å². The number of aryl methyl sites for hydroxylation is 1. The summed E-state index contributed by atoms with van der Waals surface area (Å²) in [5.41, 5.74) is 5.00. The van der Waals surface area contributed by atoms with Crippen molar-refractivity contribution in [3.8, 4) is 0 Å². The van der Waals surface area contributed by atoms with Crippen LogP contribution in [0.2, 0.25) is 0 Å². The summed E-state index contributed by atoms with van der Waals surface area (Å²) in [6, 6.07) is 7.62. The van der Waals surface area contributed by atoms with Crippen LogP contribution in [0.3, 0.4) is 0 Å². The highest BCUT2D eigenvalue weighted by Gasteiger charge is 2.12. The normalized spacial score (nSPS) is 10.6. The first-order valence-corrected chi connectivity index (χ1v) is 7.51. The van der Waals surface area contributed by atoms with Crippen LogP contribution in [0.15, 0.2) is 47.1 Å². The molecular formula is C15H13BrN4O4. The van der Waals surface area contributed by atoms with Gasteiger partial charge in [-0.25, -0.2) is 0 Å². The van der Waals surface area contributed by atoms with Crippen molar-refractivity contribution in [1.82, 2.24) is 15.4 Å². The van der Waals surface area contributed by atoms with Crippen molar-refractivity contribution in [1.29, 1.82) is 0 Å². The predicted octanol–water partition coefficient (Wildman–Crippen LogP) is 2.17. The van der Waals surface area contributed by atoms with Crippen LogP contribution in [0.5, 0.6) is 0 Å². The highest BCUT2D eigenvalue weighted by atomic mass is 79.9. The standard InChI is InChI=1S/C15H13BrN4O4/c1-19-9-11(16)8-13(19)15(22)18-17-14(21)7-6-10-4-2-3-5-12(10)20(23)24/h2-9H,1H3,(H,17,21)(H,18,22)/b7-6+. The number of carbonyl (C=O) groups excluding carboxylic acids is 2. The molecule has 124 valence electrons. The molecular weight excluding hydrogens is 380 g/mol. The van der Waals surface area contributed by atoms with Gasteiger partial charge >= 0.3 is 0 Å². The van der Waals surface area contributed by atoms with Crippen molar-refractivity contribution in [3.63, 3.8) is 0 Å². The Morgan fingerprint density at radius 2 is 2.00 bits per heavy atom. The number of benzene rings is 1. The van der Waals surface area contributed by atoms with Crippen molar-refractivity contribution < 1.29 is 14.5 Å². The van der Waals surface area contributed by atoms with Crippen LogP contribution >= 0.6 is 15.9 Å². The summed E-state index contributed by atoms with van der Waals surface area (Å²) in [6.45, 7) is 0. The molecule has 0 bridgehead atoms. The number of aromatic nitrogens is 1. The number of halogens is 1. The Hall–Kier alpha value is -2.94. The van der Waals surface area contributed by atoms with Gasteiger partial charge in [0.1, 0.15) is 5.69 Å². The Labute approximate surface area is 145 Å². The third kappa shape index (κ3) is 4.29. The molecule has 0 aliphatic rings. The topological polar surface area (TPSA) is 106 Å². The predicted molar refractivity (Wildman–Crippen MR) is 90.9 cm³/mol. The van der Waals surface area contributed by atoms with Crippen molar-refractivity contribution in [2.24, 2.45) is 7.05 Å². The molecule has 0 saturated carbocycles. The van der Waals surface area contributed by atoms with E-state index in [-0.39, 0.29) is 11.3 Å². The number of nitro benzene ring substituents is 1. The second kappa shape index (κ2) is 7.55. The molecule has 8 nitrogen and oxygen atoms in total. The van der Waals surface area contributed by atoms with E-state index in [1.165, 1.54) is 24.3 Å². The van der Waals surface area contributed by atoms with Gasteiger partial charge in [-0.2, -0.15) is 0 Å². The molecule has 0 fully saturated rings. The number of carbonyl (C=O) groups is 2. The number of nitrogens with zero attached hydrogens (tertiary/aromatic N) is 2. The SMILES string of the molecule is Cn1cc(Br)cc1C(=O)NNC(=O)/C=C/c1ccccc1[N+](=O)[O-]. The Bertz CT molecular complexity index is 829. The summed E-state index contributed by atoms with van der Waals surface area (Å²) in [7, 11) is 1.69. The maximum Gasteiger partial charge on any atom is 0.286 e. The summed E-state index contributed by atoms with van der Waals surface area (Å²) in [5, 5.41) is 10.9. The van der Waals surface area contributed by atoms with Crippen LogP contribution in [0.4, 0.5) is 5.69 Å². The minimum atomic E-state index is -0.616. The van der Waals surface area contributed by atoms with E-state index >= 15 is 0 Å². The van der Waals surface area contributed by atoms with E-state index in [1.807, 2.05) is 0 Å². The molecule has 24 heavy (non-hydrogen) atoms. The zero-order chi connectivity index (χ0) is 17.7. The number of hydrazine groups is 1. The van der Waals surface area contributed by atoms with E-state index in [4.69, 9.17) is 0 Å². The van der Waals surface area contributed by atoms with Crippen LogP contribution in [0.25, 0.3) is 6.08 Å². The summed E-state index contributed by atoms with van der Waals surface area (Å²) in [4.78, 5) is 34.0. The Morgan fingerprint density at radius 1 is 1.29 bits per heavy atom. The first-order valence-electron chi connectivity index (χ1n) is 6.72. The Balaban J connectivity index is 1.98. The fourth-order valence-corrected chi connectivity index (χ4v) is 2.46. The number of nitrogens with one attached hydrogen (secondary N) is 2. The number of amides is 2. The summed E-state index contributed by atoms with van der Waals surface area (Å²) in [5.74, 6) is -1.11. The van der Waals surface area contributed by atoms with Gasteiger partial charge in [-0.1, -0.05) is 12.1 Å². The van der Waals surface area contributed by atoms with E-state index in [0.29, 0.717) is 5.69 Å². The van der Waals surface area contributed by atoms with Gasteiger partial charge in [-0.3, -0.25) is 30.6 Å². The molecule has 2 N–H and O–H groups in total. The highest BCUT2D eigenvalue weighted by molar-refractivity contribution is 9.10. The van der Waals surface area contributed by atoms with Gasteiger partial charge in [0.25, 0.3) is 17.5 Å². The molecule has 2 amide bonds. The second-order valence-corrected chi connectivity index (χ2v) is 5.66. The highest BCUT2D eigenvalue weighted by Crippen LogP contribution is 2.18. The lowest BCUT2D eigenvalue weighted by Gasteiger charge is -2.05. The van der Waals surface area contributed by atoms with Crippen molar-refractivity contribution >= 4 is 39.5 Å². The molecule has 0 aliphatic heterocycles. The maximum atomic E-state index is 11.9. The Morgan fingerprint density at radius 3 is 2.62 bits per heavy atom. The first kappa shape index (κ1) is 17.4. The minimum absolute atomic E-state index is 0.112. The molecule has 0 radical (unpaired) electrons. The molecule has 0 unspecified atom stereocenters. The molecule has 9 heteroatoms. The molecule has 1 heterocycles. The average Bonchev–Trinajstić information content (AvgIpc) is 2.89. The van der Waals surface area contributed by atoms with Gasteiger partial charge < -0.3 is 4.57 Å². The molecule has 0 atom stereocenters. The van der Waals surface area contributed by atoms with Gasteiger partial charge in [0, 0.05) is 29.9 Å². The fraction of sp³-hybridized carbons (Fsp3) is 0.0667. The number of rotatable bonds is 4. The molecule has 0 spiro atoms. The van der Waals surface area contributed by atoms with Crippen LogP contribution < -0.4 is 10.9 Å². The monoisotopic (exact) mass is 392 g/mol. The van der Waals surface area contributed by atoms with Crippen LogP contribution in [-0.4, -0.2) is 21.3 Å². The molecule has 1 aromatic carbocycles. The quantitative estimate of drug-likeness (QED) is 0.472. The van der Waals surface area contributed by atoms with Crippen molar-refractivity contribution in [3.05, 3.63) is 68.4 Å². The largest absolute Gasteiger partial charge is 0.345 e. The number of nitro groups is 1. The van der Waals surface area contributed by atoms with E-state index < -0.39 is 16.7 Å². The zero-order valence-corrected chi connectivity index (χ0v) is 14.1. The minimum Gasteiger partial charge on any atom is -0.345 e. The summed E-state index contributed by atoms with van der Waals surface area (Å²) in [6.07, 6.45) is 4.10. The van der Waals surface area contributed by atoms with Gasteiger partial charge in [0.15, 0.2) is 0 Å². The average molecular weight is 393 g/mol. The summed E-state index contributed by atoms with van der Waals surface area (Å²) < 4.78 is 2.33. The van der Waals surface area contributed by atoms with Crippen molar-refractivity contribution in [2.45, 2.75) is 0 Å². The summed E-state index contributed by atoms with van der Waals surface area (Å²) >= 11 is 3.25. The lowest BCUT2D eigenvalue weighted by atomic mass is 10.1. The number of hydrogen-bond acceptors (Lipinski definition) is 4. The van der Waals surface area contributed by atoms with Crippen molar-refractivity contribution in [2.75, 3.05) is 0 Å². The lowest BCUT2D eigenvalue weighted by Crippen LogP contribution is -2.41. The molecule has 2 rings (SSSR count). The van der Waals surface area contributed by atoms with Crippen LogP contribution in [0, 0.1) is 10.1 Å². The second-order valence-electron chi connectivity index (χ2n) is 4.75. The first-order chi connectivity index (χ1) is 11.4. The number of para-hydroxylation sites is 1. The van der Waals surface area contributed by atoms with Gasteiger partial charge in [0.2, 0.25) is 0 Å². The third-order valence-electron chi connectivity index (χ3n) is 3.05. The Kier molecular flexibility index (Phi) is 5.48. The van der Waals surface area contributed by atoms with Crippen LogP contribution in [-0.2, 0) is 11.8 Å². The van der Waals surface area contributed by atoms with Crippen LogP contribution in [0.1, 0.15) is 16.1 Å². The van der Waals surface area contributed by atoms with Gasteiger partial charge in [-0.15, -0.1) is 0 Å². The zero-order valence-electron chi connectivity index (χ0n) is 12.5. The maximum absolute atomic E-state index is 11.9. The van der Waals surface area contributed by atoms with E-state index in [0.717, 1.165) is 10.5 Å². The number of hydrogen-bond donors (Lipinski definition) is 2.